The number of esters is 1. The van der Waals surface area contributed by atoms with Gasteiger partial charge in [0.15, 0.2) is 0 Å². The van der Waals surface area contributed by atoms with Crippen LogP contribution in [0, 0.1) is 5.41 Å². The smallest absolute Gasteiger partial charge is 0.315 e. The van der Waals surface area contributed by atoms with Gasteiger partial charge in [0.1, 0.15) is 5.60 Å². The molecule has 0 spiro atoms. The Labute approximate surface area is 164 Å². The van der Waals surface area contributed by atoms with Crippen LogP contribution in [0.5, 0.6) is 0 Å². The molecular weight excluding hydrogens is 494 g/mol. The quantitative estimate of drug-likeness (QED) is 0.272. The molecule has 128 valence electrons. The van der Waals surface area contributed by atoms with Crippen LogP contribution in [0.2, 0.25) is 5.02 Å². The van der Waals surface area contributed by atoms with Gasteiger partial charge in [-0.25, -0.2) is 0 Å². The van der Waals surface area contributed by atoms with Crippen molar-refractivity contribution in [2.24, 2.45) is 5.41 Å². The molecular formula is C17H21BrClIO3. The second kappa shape index (κ2) is 7.58. The average molecular weight is 516 g/mol. The molecule has 0 radical (unpaired) electrons. The maximum atomic E-state index is 12.9. The van der Waals surface area contributed by atoms with Gasteiger partial charge in [0.25, 0.3) is 0 Å². The Morgan fingerprint density at radius 2 is 2.09 bits per heavy atom. The van der Waals surface area contributed by atoms with Crippen LogP contribution in [0.1, 0.15) is 51.7 Å². The monoisotopic (exact) mass is 514 g/mol. The number of carbonyl (C=O) groups excluding carboxylic acids is 1. The van der Waals surface area contributed by atoms with E-state index in [2.05, 4.69) is 38.5 Å². The van der Waals surface area contributed by atoms with E-state index in [1.165, 1.54) is 0 Å². The van der Waals surface area contributed by atoms with Crippen molar-refractivity contribution in [2.45, 2.75) is 51.7 Å². The number of carbonyl (C=O) groups is 1. The second-order valence-corrected chi connectivity index (χ2v) is 8.73. The number of ether oxygens (including phenoxy) is 2. The molecule has 0 saturated heterocycles. The maximum Gasteiger partial charge on any atom is 0.315 e. The number of alkyl halides is 1. The molecule has 2 rings (SSSR count). The molecule has 0 aliphatic heterocycles. The summed E-state index contributed by atoms with van der Waals surface area (Å²) in [6.07, 6.45) is 2.25. The van der Waals surface area contributed by atoms with Crippen molar-refractivity contribution in [1.29, 1.82) is 0 Å². The van der Waals surface area contributed by atoms with Gasteiger partial charge in [0, 0.05) is 4.47 Å². The van der Waals surface area contributed by atoms with Crippen LogP contribution in [0.25, 0.3) is 0 Å². The van der Waals surface area contributed by atoms with Crippen molar-refractivity contribution in [3.05, 3.63) is 33.3 Å². The van der Waals surface area contributed by atoms with Crippen molar-refractivity contribution in [3.63, 3.8) is 0 Å². The molecule has 6 heteroatoms. The molecule has 0 aromatic heterocycles. The molecule has 1 fully saturated rings. The summed E-state index contributed by atoms with van der Waals surface area (Å²) in [5.74, 6) is -0.169. The van der Waals surface area contributed by atoms with E-state index in [1.807, 2.05) is 39.0 Å². The summed E-state index contributed by atoms with van der Waals surface area (Å²) in [7, 11) is 0. The molecule has 1 aliphatic carbocycles. The Hall–Kier alpha value is 0.150. The summed E-state index contributed by atoms with van der Waals surface area (Å²) in [5.41, 5.74) is -0.163. The minimum atomic E-state index is -0.605. The standard InChI is InChI=1S/C17H21BrClIO3/c1-16(2,3)23-15(21)17(7-4-8-17)14(22-10-20)11-5-6-13(19)12(18)9-11/h5-6,9,14H,4,7-8,10H2,1-3H3. The number of halogens is 3. The average Bonchev–Trinajstić information content (AvgIpc) is 2.38. The maximum absolute atomic E-state index is 12.9. The molecule has 1 atom stereocenters. The Bertz CT molecular complexity index is 582. The van der Waals surface area contributed by atoms with Gasteiger partial charge >= 0.3 is 5.97 Å². The molecule has 0 amide bonds. The first kappa shape index (κ1) is 19.5. The largest absolute Gasteiger partial charge is 0.459 e. The highest BCUT2D eigenvalue weighted by Crippen LogP contribution is 2.54. The highest BCUT2D eigenvalue weighted by Gasteiger charge is 2.53. The van der Waals surface area contributed by atoms with Gasteiger partial charge in [-0.05, 0) is 67.2 Å². The van der Waals surface area contributed by atoms with Crippen LogP contribution in [0.4, 0.5) is 0 Å². The minimum Gasteiger partial charge on any atom is -0.459 e. The Morgan fingerprint density at radius 3 is 2.52 bits per heavy atom. The zero-order valence-corrected chi connectivity index (χ0v) is 18.0. The summed E-state index contributed by atoms with van der Waals surface area (Å²) in [6, 6.07) is 5.68. The number of hydrogen-bond acceptors (Lipinski definition) is 3. The first-order valence-corrected chi connectivity index (χ1v) is 10.3. The fourth-order valence-corrected chi connectivity index (χ4v) is 3.70. The minimum absolute atomic E-state index is 0.169. The van der Waals surface area contributed by atoms with Crippen molar-refractivity contribution >= 4 is 56.1 Å². The molecule has 1 aromatic rings. The predicted octanol–water partition coefficient (Wildman–Crippen LogP) is 6.06. The van der Waals surface area contributed by atoms with Gasteiger partial charge < -0.3 is 9.47 Å². The lowest BCUT2D eigenvalue weighted by Gasteiger charge is -2.46. The molecule has 0 bridgehead atoms. The normalized spacial score (nSPS) is 18.2. The van der Waals surface area contributed by atoms with Gasteiger partial charge in [0.2, 0.25) is 0 Å². The van der Waals surface area contributed by atoms with Crippen molar-refractivity contribution in [1.82, 2.24) is 0 Å². The SMILES string of the molecule is CC(C)(C)OC(=O)C1(C(OCI)c2ccc(Cl)c(Br)c2)CCC1. The molecule has 1 saturated carbocycles. The van der Waals surface area contributed by atoms with Crippen LogP contribution < -0.4 is 0 Å². The molecule has 1 aromatic carbocycles. The van der Waals surface area contributed by atoms with Crippen molar-refractivity contribution < 1.29 is 14.3 Å². The fourth-order valence-electron chi connectivity index (χ4n) is 2.82. The van der Waals surface area contributed by atoms with Gasteiger partial charge in [-0.1, -0.05) is 46.7 Å². The van der Waals surface area contributed by atoms with Crippen molar-refractivity contribution in [2.75, 3.05) is 4.61 Å². The van der Waals surface area contributed by atoms with E-state index in [0.717, 1.165) is 29.3 Å². The van der Waals surface area contributed by atoms with Crippen LogP contribution in [-0.2, 0) is 14.3 Å². The molecule has 23 heavy (non-hydrogen) atoms. The van der Waals surface area contributed by atoms with E-state index in [-0.39, 0.29) is 12.1 Å². The third kappa shape index (κ3) is 4.41. The number of benzene rings is 1. The highest BCUT2D eigenvalue weighted by atomic mass is 127. The van der Waals surface area contributed by atoms with E-state index in [4.69, 9.17) is 21.1 Å². The highest BCUT2D eigenvalue weighted by molar-refractivity contribution is 14.1. The summed E-state index contributed by atoms with van der Waals surface area (Å²) >= 11 is 11.7. The fraction of sp³-hybridized carbons (Fsp3) is 0.588. The Kier molecular flexibility index (Phi) is 6.42. The van der Waals surface area contributed by atoms with Gasteiger partial charge in [0.05, 0.1) is 21.2 Å². The molecule has 0 N–H and O–H groups in total. The second-order valence-electron chi connectivity index (χ2n) is 6.84. The first-order chi connectivity index (χ1) is 10.7. The van der Waals surface area contributed by atoms with E-state index < -0.39 is 11.0 Å². The Balaban J connectivity index is 2.37. The van der Waals surface area contributed by atoms with Gasteiger partial charge in [-0.15, -0.1) is 0 Å². The van der Waals surface area contributed by atoms with E-state index in [9.17, 15) is 4.79 Å². The summed E-state index contributed by atoms with van der Waals surface area (Å²) in [5, 5.41) is 0.641. The lowest BCUT2D eigenvalue weighted by atomic mass is 9.63. The third-order valence-corrected chi connectivity index (χ3v) is 5.60. The molecule has 1 aliphatic rings. The van der Waals surface area contributed by atoms with Crippen LogP contribution in [-0.4, -0.2) is 16.2 Å². The molecule has 0 heterocycles. The zero-order chi connectivity index (χ0) is 17.3. The van der Waals surface area contributed by atoms with Crippen LogP contribution in [0.15, 0.2) is 22.7 Å². The lowest BCUT2D eigenvalue weighted by molar-refractivity contribution is -0.187. The third-order valence-electron chi connectivity index (χ3n) is 4.03. The summed E-state index contributed by atoms with van der Waals surface area (Å²) in [6.45, 7) is 5.68. The van der Waals surface area contributed by atoms with E-state index in [0.29, 0.717) is 9.64 Å². The van der Waals surface area contributed by atoms with E-state index >= 15 is 0 Å². The van der Waals surface area contributed by atoms with Gasteiger partial charge in [-0.2, -0.15) is 0 Å². The van der Waals surface area contributed by atoms with E-state index in [1.54, 1.807) is 0 Å². The van der Waals surface area contributed by atoms with Gasteiger partial charge in [-0.3, -0.25) is 4.79 Å². The first-order valence-electron chi connectivity index (χ1n) is 7.55. The topological polar surface area (TPSA) is 35.5 Å². The van der Waals surface area contributed by atoms with Crippen molar-refractivity contribution in [3.8, 4) is 0 Å². The molecule has 1 unspecified atom stereocenters. The number of rotatable bonds is 5. The zero-order valence-electron chi connectivity index (χ0n) is 13.5. The van der Waals surface area contributed by atoms with Crippen LogP contribution >= 0.6 is 50.1 Å². The van der Waals surface area contributed by atoms with Crippen LogP contribution in [0.3, 0.4) is 0 Å². The summed E-state index contributed by atoms with van der Waals surface area (Å²) in [4.78, 5) is 12.9. The molecule has 3 nitrogen and oxygen atoms in total. The Morgan fingerprint density at radius 1 is 1.43 bits per heavy atom. The lowest BCUT2D eigenvalue weighted by Crippen LogP contribution is -2.47. The predicted molar refractivity (Wildman–Crippen MR) is 104 cm³/mol. The number of hydrogen-bond donors (Lipinski definition) is 0. The summed E-state index contributed by atoms with van der Waals surface area (Å²) < 4.78 is 13.0.